The molecule has 2 aromatic rings. The highest BCUT2D eigenvalue weighted by Gasteiger charge is 2.28. The lowest BCUT2D eigenvalue weighted by atomic mass is 10.1. The fraction of sp³-hybridized carbons (Fsp3) is 0.471. The van der Waals surface area contributed by atoms with Gasteiger partial charge in [0, 0.05) is 27.2 Å². The van der Waals surface area contributed by atoms with Crippen molar-refractivity contribution >= 4 is 11.9 Å². The zero-order valence-electron chi connectivity index (χ0n) is 14.7. The molecular formula is C17H23FN6O. The van der Waals surface area contributed by atoms with Crippen molar-refractivity contribution in [2.24, 2.45) is 0 Å². The molecule has 0 aliphatic carbocycles. The first-order valence-electron chi connectivity index (χ1n) is 8.24. The van der Waals surface area contributed by atoms with E-state index in [4.69, 9.17) is 10.5 Å². The van der Waals surface area contributed by atoms with Crippen LogP contribution >= 0.6 is 0 Å². The molecule has 2 N–H and O–H groups in total. The number of anilines is 2. The Kier molecular flexibility index (Phi) is 5.10. The van der Waals surface area contributed by atoms with Gasteiger partial charge < -0.3 is 15.4 Å². The Balaban J connectivity index is 1.79. The van der Waals surface area contributed by atoms with Crippen LogP contribution in [0.15, 0.2) is 24.3 Å². The number of benzene rings is 1. The van der Waals surface area contributed by atoms with Crippen molar-refractivity contribution in [3.8, 4) is 0 Å². The van der Waals surface area contributed by atoms with Gasteiger partial charge in [0.05, 0.1) is 18.8 Å². The van der Waals surface area contributed by atoms with Crippen molar-refractivity contribution in [1.29, 1.82) is 0 Å². The molecule has 2 heterocycles. The number of rotatable bonds is 4. The third-order valence-corrected chi connectivity index (χ3v) is 4.30. The van der Waals surface area contributed by atoms with Gasteiger partial charge in [-0.05, 0) is 24.6 Å². The van der Waals surface area contributed by atoms with Crippen molar-refractivity contribution in [3.63, 3.8) is 0 Å². The second-order valence-corrected chi connectivity index (χ2v) is 6.33. The monoisotopic (exact) mass is 346 g/mol. The van der Waals surface area contributed by atoms with Crippen LogP contribution in [0, 0.1) is 5.82 Å². The number of nitrogen functional groups attached to an aromatic ring is 1. The number of aromatic nitrogens is 3. The van der Waals surface area contributed by atoms with Gasteiger partial charge >= 0.3 is 0 Å². The summed E-state index contributed by atoms with van der Waals surface area (Å²) in [5.41, 5.74) is 6.66. The van der Waals surface area contributed by atoms with Crippen LogP contribution in [-0.2, 0) is 4.74 Å². The standard InChI is InChI=1S/C17H23FN6O/c1-11(15-20-16(19)22-17(21-15)23(2)3)24-7-8-25-14(10-24)12-5-4-6-13(18)9-12/h4-6,9,11,14H,7-8,10H2,1-3H3,(H2,19,20,21,22)/t11-,14-/m1/s1. The summed E-state index contributed by atoms with van der Waals surface area (Å²) < 4.78 is 19.3. The number of morpholine rings is 1. The summed E-state index contributed by atoms with van der Waals surface area (Å²) in [6.45, 7) is 3.97. The van der Waals surface area contributed by atoms with Crippen LogP contribution in [0.1, 0.15) is 30.5 Å². The van der Waals surface area contributed by atoms with E-state index < -0.39 is 0 Å². The predicted molar refractivity (Wildman–Crippen MR) is 93.6 cm³/mol. The number of nitrogens with zero attached hydrogens (tertiary/aromatic N) is 5. The van der Waals surface area contributed by atoms with Crippen molar-refractivity contribution in [2.45, 2.75) is 19.1 Å². The summed E-state index contributed by atoms with van der Waals surface area (Å²) in [4.78, 5) is 16.9. The van der Waals surface area contributed by atoms with E-state index in [2.05, 4.69) is 19.9 Å². The molecule has 1 aromatic heterocycles. The molecule has 2 atom stereocenters. The van der Waals surface area contributed by atoms with Gasteiger partial charge in [-0.2, -0.15) is 15.0 Å². The molecule has 1 aliphatic heterocycles. The molecule has 7 nitrogen and oxygen atoms in total. The van der Waals surface area contributed by atoms with Gasteiger partial charge in [-0.25, -0.2) is 4.39 Å². The lowest BCUT2D eigenvalue weighted by molar-refractivity contribution is -0.0443. The molecule has 0 radical (unpaired) electrons. The summed E-state index contributed by atoms with van der Waals surface area (Å²) >= 11 is 0. The highest BCUT2D eigenvalue weighted by Crippen LogP contribution is 2.28. The molecule has 1 aromatic carbocycles. The zero-order valence-corrected chi connectivity index (χ0v) is 14.7. The minimum atomic E-state index is -0.257. The Morgan fingerprint density at radius 2 is 2.12 bits per heavy atom. The van der Waals surface area contributed by atoms with Crippen LogP contribution in [0.5, 0.6) is 0 Å². The second-order valence-electron chi connectivity index (χ2n) is 6.33. The molecule has 0 bridgehead atoms. The minimum absolute atomic E-state index is 0.0519. The fourth-order valence-electron chi connectivity index (χ4n) is 2.88. The van der Waals surface area contributed by atoms with Crippen LogP contribution in [0.4, 0.5) is 16.3 Å². The van der Waals surface area contributed by atoms with E-state index in [0.29, 0.717) is 24.9 Å². The largest absolute Gasteiger partial charge is 0.371 e. The molecule has 1 saturated heterocycles. The quantitative estimate of drug-likeness (QED) is 0.904. The summed E-state index contributed by atoms with van der Waals surface area (Å²) in [6, 6.07) is 6.48. The molecule has 134 valence electrons. The first kappa shape index (κ1) is 17.5. The highest BCUT2D eigenvalue weighted by atomic mass is 19.1. The van der Waals surface area contributed by atoms with Gasteiger partial charge in [-0.1, -0.05) is 12.1 Å². The van der Waals surface area contributed by atoms with E-state index in [1.165, 1.54) is 12.1 Å². The van der Waals surface area contributed by atoms with Crippen LogP contribution in [0.3, 0.4) is 0 Å². The third kappa shape index (κ3) is 4.02. The van der Waals surface area contributed by atoms with Gasteiger partial charge in [-0.3, -0.25) is 4.90 Å². The van der Waals surface area contributed by atoms with Crippen molar-refractivity contribution in [2.75, 3.05) is 44.4 Å². The molecule has 25 heavy (non-hydrogen) atoms. The van der Waals surface area contributed by atoms with Gasteiger partial charge in [0.15, 0.2) is 5.82 Å². The Bertz CT molecular complexity index is 741. The van der Waals surface area contributed by atoms with Crippen LogP contribution < -0.4 is 10.6 Å². The average Bonchev–Trinajstić information content (AvgIpc) is 2.60. The molecule has 1 aliphatic rings. The molecule has 0 unspecified atom stereocenters. The van der Waals surface area contributed by atoms with Crippen molar-refractivity contribution in [1.82, 2.24) is 19.9 Å². The van der Waals surface area contributed by atoms with Crippen LogP contribution in [0.25, 0.3) is 0 Å². The van der Waals surface area contributed by atoms with Crippen LogP contribution in [-0.4, -0.2) is 53.6 Å². The molecule has 3 rings (SSSR count). The van der Waals surface area contributed by atoms with E-state index in [9.17, 15) is 4.39 Å². The molecule has 0 saturated carbocycles. The van der Waals surface area contributed by atoms with Gasteiger partial charge in [0.2, 0.25) is 11.9 Å². The summed E-state index contributed by atoms with van der Waals surface area (Å²) in [7, 11) is 3.72. The number of hydrogen-bond acceptors (Lipinski definition) is 7. The van der Waals surface area contributed by atoms with Gasteiger partial charge in [0.25, 0.3) is 0 Å². The maximum absolute atomic E-state index is 13.5. The van der Waals surface area contributed by atoms with E-state index in [1.54, 1.807) is 11.0 Å². The number of halogens is 1. The van der Waals surface area contributed by atoms with Gasteiger partial charge in [0.1, 0.15) is 5.82 Å². The topological polar surface area (TPSA) is 80.4 Å². The second kappa shape index (κ2) is 7.28. The third-order valence-electron chi connectivity index (χ3n) is 4.30. The predicted octanol–water partition coefficient (Wildman–Crippen LogP) is 1.79. The Morgan fingerprint density at radius 1 is 1.32 bits per heavy atom. The van der Waals surface area contributed by atoms with Gasteiger partial charge in [-0.15, -0.1) is 0 Å². The SMILES string of the molecule is C[C@H](c1nc(N)nc(N(C)C)n1)N1CCO[C@@H](c2cccc(F)c2)C1. The first-order chi connectivity index (χ1) is 11.9. The minimum Gasteiger partial charge on any atom is -0.371 e. The first-order valence-corrected chi connectivity index (χ1v) is 8.24. The Morgan fingerprint density at radius 3 is 2.84 bits per heavy atom. The van der Waals surface area contributed by atoms with E-state index >= 15 is 0 Å². The molecule has 0 spiro atoms. The smallest absolute Gasteiger partial charge is 0.229 e. The highest BCUT2D eigenvalue weighted by molar-refractivity contribution is 5.33. The maximum atomic E-state index is 13.5. The fourth-order valence-corrected chi connectivity index (χ4v) is 2.88. The summed E-state index contributed by atoms with van der Waals surface area (Å²) in [6.07, 6.45) is -0.181. The molecule has 8 heteroatoms. The number of ether oxygens (including phenoxy) is 1. The summed E-state index contributed by atoms with van der Waals surface area (Å²) in [5, 5.41) is 0. The molecule has 0 amide bonds. The normalized spacial score (nSPS) is 19.6. The molecular weight excluding hydrogens is 323 g/mol. The maximum Gasteiger partial charge on any atom is 0.229 e. The van der Waals surface area contributed by atoms with Crippen LogP contribution in [0.2, 0.25) is 0 Å². The zero-order chi connectivity index (χ0) is 18.0. The average molecular weight is 346 g/mol. The Labute approximate surface area is 146 Å². The number of nitrogens with two attached hydrogens (primary N) is 1. The van der Waals surface area contributed by atoms with E-state index in [-0.39, 0.29) is 23.9 Å². The van der Waals surface area contributed by atoms with E-state index in [1.807, 2.05) is 27.1 Å². The summed E-state index contributed by atoms with van der Waals surface area (Å²) in [5.74, 6) is 1.10. The van der Waals surface area contributed by atoms with Crippen molar-refractivity contribution in [3.05, 3.63) is 41.5 Å². The van der Waals surface area contributed by atoms with Crippen molar-refractivity contribution < 1.29 is 9.13 Å². The lowest BCUT2D eigenvalue weighted by Gasteiger charge is -2.36. The lowest BCUT2D eigenvalue weighted by Crippen LogP contribution is -2.40. The molecule has 1 fully saturated rings. The van der Waals surface area contributed by atoms with E-state index in [0.717, 1.165) is 12.1 Å². The Hall–Kier alpha value is -2.32. The number of hydrogen-bond donors (Lipinski definition) is 1.